The van der Waals surface area contributed by atoms with Crippen LogP contribution >= 0.6 is 23.4 Å². The van der Waals surface area contributed by atoms with E-state index in [1.807, 2.05) is 36.4 Å². The topological polar surface area (TPSA) is 41.5 Å². The lowest BCUT2D eigenvalue weighted by Crippen LogP contribution is -2.25. The first-order valence-electron chi connectivity index (χ1n) is 8.53. The van der Waals surface area contributed by atoms with E-state index in [0.29, 0.717) is 16.6 Å². The zero-order chi connectivity index (χ0) is 17.6. The van der Waals surface area contributed by atoms with Gasteiger partial charge >= 0.3 is 0 Å². The number of nitrogens with zero attached hydrogens (tertiary/aromatic N) is 1. The number of halogens is 1. The molecule has 5 heteroatoms. The summed E-state index contributed by atoms with van der Waals surface area (Å²) in [4.78, 5) is 16.8. The van der Waals surface area contributed by atoms with Gasteiger partial charge in [-0.15, -0.1) is 0 Å². The van der Waals surface area contributed by atoms with Crippen LogP contribution in [0.2, 0.25) is 5.02 Å². The third kappa shape index (κ3) is 5.10. The van der Waals surface area contributed by atoms with Crippen LogP contribution in [-0.2, 0) is 17.6 Å². The van der Waals surface area contributed by atoms with Crippen molar-refractivity contribution in [3.8, 4) is 0 Å². The molecule has 1 N–H and O–H groups in total. The number of rotatable bonds is 6. The maximum Gasteiger partial charge on any atom is 0.239 e. The van der Waals surface area contributed by atoms with Crippen molar-refractivity contribution in [2.75, 3.05) is 0 Å². The molecule has 1 fully saturated rings. The molecule has 0 saturated carbocycles. The molecule has 0 spiro atoms. The van der Waals surface area contributed by atoms with E-state index in [0.717, 1.165) is 17.7 Å². The molecule has 2 aromatic rings. The number of nitrogens with one attached hydrogen (secondary N) is 1. The monoisotopic (exact) mass is 372 g/mol. The summed E-state index contributed by atoms with van der Waals surface area (Å²) >= 11 is 7.49. The van der Waals surface area contributed by atoms with E-state index in [2.05, 4.69) is 29.4 Å². The molecule has 3 nitrogen and oxygen atoms in total. The fourth-order valence-corrected chi connectivity index (χ4v) is 3.95. The Morgan fingerprint density at radius 2 is 1.96 bits per heavy atom. The molecular formula is C20H21ClN2OS. The number of hydrogen-bond acceptors (Lipinski definition) is 3. The molecule has 0 unspecified atom stereocenters. The zero-order valence-corrected chi connectivity index (χ0v) is 15.7. The van der Waals surface area contributed by atoms with Crippen LogP contribution in [-0.4, -0.2) is 16.3 Å². The van der Waals surface area contributed by atoms with E-state index in [9.17, 15) is 4.79 Å². The van der Waals surface area contributed by atoms with Crippen LogP contribution in [0.5, 0.6) is 0 Å². The standard InChI is InChI=1S/C20H21ClN2OS/c1-2-3-5-14-8-10-17(11-9-14)22-20-23-19(24)18(25-20)13-15-6-4-7-16(21)12-15/h4,6-12,18H,2-3,5,13H2,1H3,(H,22,23,24)/t18-/m0/s1. The van der Waals surface area contributed by atoms with Gasteiger partial charge in [-0.1, -0.05) is 61.0 Å². The van der Waals surface area contributed by atoms with Crippen LogP contribution in [0.1, 0.15) is 30.9 Å². The number of carbonyl (C=O) groups excluding carboxylic acids is 1. The van der Waals surface area contributed by atoms with Crippen LogP contribution in [0.25, 0.3) is 0 Å². The molecule has 0 radical (unpaired) electrons. The minimum absolute atomic E-state index is 0.00305. The Kier molecular flexibility index (Phi) is 6.16. The summed E-state index contributed by atoms with van der Waals surface area (Å²) in [6.45, 7) is 2.19. The minimum atomic E-state index is -0.166. The van der Waals surface area contributed by atoms with Gasteiger partial charge in [-0.3, -0.25) is 4.79 Å². The van der Waals surface area contributed by atoms with Crippen molar-refractivity contribution < 1.29 is 4.79 Å². The molecule has 0 aromatic heterocycles. The van der Waals surface area contributed by atoms with Gasteiger partial charge in [0.2, 0.25) is 5.91 Å². The highest BCUT2D eigenvalue weighted by atomic mass is 35.5. The van der Waals surface area contributed by atoms with Crippen LogP contribution in [0.3, 0.4) is 0 Å². The predicted octanol–water partition coefficient (Wildman–Crippen LogP) is 5.14. The summed E-state index contributed by atoms with van der Waals surface area (Å²) in [5, 5.41) is 4.07. The first kappa shape index (κ1) is 18.0. The van der Waals surface area contributed by atoms with E-state index in [4.69, 9.17) is 11.6 Å². The summed E-state index contributed by atoms with van der Waals surface area (Å²) in [5.74, 6) is 0.00305. The van der Waals surface area contributed by atoms with Gasteiger partial charge in [0.1, 0.15) is 0 Å². The Hall–Kier alpha value is -1.78. The Balaban J connectivity index is 1.64. The second kappa shape index (κ2) is 8.54. The Bertz CT molecular complexity index is 774. The molecule has 0 bridgehead atoms. The largest absolute Gasteiger partial charge is 0.304 e. The Labute approximate surface area is 157 Å². The number of aryl methyl sites for hydroxylation is 1. The molecule has 0 aliphatic carbocycles. The zero-order valence-electron chi connectivity index (χ0n) is 14.2. The molecular weight excluding hydrogens is 352 g/mol. The van der Waals surface area contributed by atoms with Crippen molar-refractivity contribution in [2.45, 2.75) is 37.9 Å². The van der Waals surface area contributed by atoms with Crippen LogP contribution in [0.15, 0.2) is 53.5 Å². The van der Waals surface area contributed by atoms with E-state index in [1.165, 1.54) is 30.2 Å². The Morgan fingerprint density at radius 1 is 1.16 bits per heavy atom. The van der Waals surface area contributed by atoms with Gasteiger partial charge in [0.25, 0.3) is 0 Å². The summed E-state index contributed by atoms with van der Waals surface area (Å²) in [6, 6.07) is 15.9. The van der Waals surface area contributed by atoms with Gasteiger partial charge in [-0.05, 0) is 54.7 Å². The highest BCUT2D eigenvalue weighted by molar-refractivity contribution is 8.15. The van der Waals surface area contributed by atoms with E-state index < -0.39 is 0 Å². The van der Waals surface area contributed by atoms with Crippen LogP contribution < -0.4 is 5.32 Å². The van der Waals surface area contributed by atoms with Crippen molar-refractivity contribution >= 4 is 40.1 Å². The van der Waals surface area contributed by atoms with E-state index in [-0.39, 0.29) is 11.2 Å². The number of unbranched alkanes of at least 4 members (excludes halogenated alkanes) is 1. The molecule has 1 heterocycles. The number of hydrogen-bond donors (Lipinski definition) is 1. The highest BCUT2D eigenvalue weighted by Gasteiger charge is 2.30. The van der Waals surface area contributed by atoms with Crippen molar-refractivity contribution in [3.63, 3.8) is 0 Å². The second-order valence-corrected chi connectivity index (χ2v) is 7.74. The third-order valence-electron chi connectivity index (χ3n) is 4.07. The molecule has 130 valence electrons. The van der Waals surface area contributed by atoms with Crippen molar-refractivity contribution in [2.24, 2.45) is 4.99 Å². The normalized spacial score (nSPS) is 18.6. The summed E-state index contributed by atoms with van der Waals surface area (Å²) in [6.07, 6.45) is 4.14. The second-order valence-electron chi connectivity index (χ2n) is 6.12. The Morgan fingerprint density at radius 3 is 2.68 bits per heavy atom. The number of thioether (sulfide) groups is 1. The van der Waals surface area contributed by atoms with Gasteiger partial charge in [0.15, 0.2) is 5.17 Å². The predicted molar refractivity (Wildman–Crippen MR) is 107 cm³/mol. The first-order chi connectivity index (χ1) is 12.1. The smallest absolute Gasteiger partial charge is 0.239 e. The molecule has 1 saturated heterocycles. The fourth-order valence-electron chi connectivity index (χ4n) is 2.71. The number of amidine groups is 1. The molecule has 1 aliphatic heterocycles. The molecule has 25 heavy (non-hydrogen) atoms. The molecule has 3 rings (SSSR count). The molecule has 1 atom stereocenters. The lowest BCUT2D eigenvalue weighted by Gasteiger charge is -2.05. The van der Waals surface area contributed by atoms with Crippen molar-refractivity contribution in [3.05, 3.63) is 64.7 Å². The summed E-state index contributed by atoms with van der Waals surface area (Å²) in [7, 11) is 0. The highest BCUT2D eigenvalue weighted by Crippen LogP contribution is 2.26. The van der Waals surface area contributed by atoms with E-state index in [1.54, 1.807) is 0 Å². The van der Waals surface area contributed by atoms with Crippen molar-refractivity contribution in [1.29, 1.82) is 0 Å². The number of aliphatic imine (C=N–C) groups is 1. The average Bonchev–Trinajstić information content (AvgIpc) is 2.93. The maximum atomic E-state index is 12.2. The third-order valence-corrected chi connectivity index (χ3v) is 5.39. The van der Waals surface area contributed by atoms with Crippen molar-refractivity contribution in [1.82, 2.24) is 5.32 Å². The average molecular weight is 373 g/mol. The first-order valence-corrected chi connectivity index (χ1v) is 9.79. The van der Waals surface area contributed by atoms with Crippen LogP contribution in [0.4, 0.5) is 5.69 Å². The summed E-state index contributed by atoms with van der Waals surface area (Å²) < 4.78 is 0. The summed E-state index contributed by atoms with van der Waals surface area (Å²) in [5.41, 5.74) is 3.25. The fraction of sp³-hybridized carbons (Fsp3) is 0.300. The van der Waals surface area contributed by atoms with Gasteiger partial charge in [0, 0.05) is 5.02 Å². The van der Waals surface area contributed by atoms with E-state index >= 15 is 0 Å². The number of benzene rings is 2. The molecule has 1 amide bonds. The van der Waals surface area contributed by atoms with Gasteiger partial charge in [-0.25, -0.2) is 4.99 Å². The quantitative estimate of drug-likeness (QED) is 0.762. The molecule has 2 aromatic carbocycles. The lowest BCUT2D eigenvalue weighted by molar-refractivity contribution is -0.118. The minimum Gasteiger partial charge on any atom is -0.304 e. The SMILES string of the molecule is CCCCc1ccc(N=C2NC(=O)[C@H](Cc3cccc(Cl)c3)S2)cc1. The molecule has 1 aliphatic rings. The lowest BCUT2D eigenvalue weighted by atomic mass is 10.1. The number of amides is 1. The van der Waals surface area contributed by atoms with Gasteiger partial charge in [0.05, 0.1) is 10.9 Å². The van der Waals surface area contributed by atoms with Crippen LogP contribution in [0, 0.1) is 0 Å². The van der Waals surface area contributed by atoms with Gasteiger partial charge < -0.3 is 5.32 Å². The maximum absolute atomic E-state index is 12.2. The van der Waals surface area contributed by atoms with Gasteiger partial charge in [-0.2, -0.15) is 0 Å². The number of carbonyl (C=O) groups is 1.